The summed E-state index contributed by atoms with van der Waals surface area (Å²) >= 11 is 7.37. The van der Waals surface area contributed by atoms with E-state index in [1.54, 1.807) is 6.92 Å². The highest BCUT2D eigenvalue weighted by molar-refractivity contribution is 7.99. The van der Waals surface area contributed by atoms with E-state index in [0.717, 1.165) is 11.3 Å². The number of thioether (sulfide) groups is 1. The van der Waals surface area contributed by atoms with Gasteiger partial charge in [-0.2, -0.15) is 0 Å². The zero-order valence-corrected chi connectivity index (χ0v) is 12.8. The molecule has 20 heavy (non-hydrogen) atoms. The van der Waals surface area contributed by atoms with Crippen LogP contribution in [-0.4, -0.2) is 29.3 Å². The summed E-state index contributed by atoms with van der Waals surface area (Å²) in [6, 6.07) is 7.53. The minimum absolute atomic E-state index is 0.0744. The van der Waals surface area contributed by atoms with Crippen molar-refractivity contribution < 1.29 is 14.7 Å². The molecule has 1 aromatic carbocycles. The number of carboxylic acids is 1. The lowest BCUT2D eigenvalue weighted by atomic mass is 10.1. The number of aliphatic carboxylic acids is 1. The van der Waals surface area contributed by atoms with Crippen LogP contribution in [0.25, 0.3) is 0 Å². The van der Waals surface area contributed by atoms with Crippen molar-refractivity contribution in [1.82, 2.24) is 5.32 Å². The van der Waals surface area contributed by atoms with E-state index in [2.05, 4.69) is 5.32 Å². The highest BCUT2D eigenvalue weighted by Gasteiger charge is 2.10. The molecule has 1 rings (SSSR count). The number of hydrogen-bond acceptors (Lipinski definition) is 3. The lowest BCUT2D eigenvalue weighted by Crippen LogP contribution is -2.28. The Morgan fingerprint density at radius 3 is 2.85 bits per heavy atom. The van der Waals surface area contributed by atoms with E-state index in [9.17, 15) is 9.59 Å². The third-order valence-corrected chi connectivity index (χ3v) is 3.95. The second kappa shape index (κ2) is 8.87. The van der Waals surface area contributed by atoms with Gasteiger partial charge in [0.1, 0.15) is 0 Å². The zero-order chi connectivity index (χ0) is 15.0. The van der Waals surface area contributed by atoms with Gasteiger partial charge in [0.25, 0.3) is 0 Å². The van der Waals surface area contributed by atoms with E-state index in [4.69, 9.17) is 16.7 Å². The fraction of sp³-hybridized carbons (Fsp3) is 0.429. The van der Waals surface area contributed by atoms with Crippen LogP contribution in [0.4, 0.5) is 0 Å². The van der Waals surface area contributed by atoms with E-state index < -0.39 is 11.9 Å². The van der Waals surface area contributed by atoms with Crippen molar-refractivity contribution in [3.05, 3.63) is 34.9 Å². The number of rotatable bonds is 8. The molecule has 0 heterocycles. The normalized spacial score (nSPS) is 11.9. The van der Waals surface area contributed by atoms with Crippen LogP contribution in [-0.2, 0) is 15.3 Å². The van der Waals surface area contributed by atoms with Gasteiger partial charge in [-0.1, -0.05) is 30.7 Å². The van der Waals surface area contributed by atoms with E-state index >= 15 is 0 Å². The molecule has 110 valence electrons. The van der Waals surface area contributed by atoms with E-state index in [0.29, 0.717) is 23.7 Å². The maximum Gasteiger partial charge on any atom is 0.306 e. The number of benzene rings is 1. The van der Waals surface area contributed by atoms with Crippen LogP contribution in [0.2, 0.25) is 5.02 Å². The molecule has 0 saturated heterocycles. The Hall–Kier alpha value is -1.20. The summed E-state index contributed by atoms with van der Waals surface area (Å²) in [5.74, 6) is -0.272. The number of carbonyl (C=O) groups excluding carboxylic acids is 1. The van der Waals surface area contributed by atoms with Crippen LogP contribution in [0.15, 0.2) is 24.3 Å². The van der Waals surface area contributed by atoms with Gasteiger partial charge in [-0.25, -0.2) is 0 Å². The summed E-state index contributed by atoms with van der Waals surface area (Å²) in [4.78, 5) is 22.1. The predicted octanol–water partition coefficient (Wildman–Crippen LogP) is 2.80. The van der Waals surface area contributed by atoms with Gasteiger partial charge in [-0.15, -0.1) is 11.8 Å². The van der Waals surface area contributed by atoms with E-state index in [1.807, 2.05) is 24.3 Å². The lowest BCUT2D eigenvalue weighted by molar-refractivity contribution is -0.141. The lowest BCUT2D eigenvalue weighted by Gasteiger charge is -2.08. The summed E-state index contributed by atoms with van der Waals surface area (Å²) in [6.45, 7) is 2.02. The van der Waals surface area contributed by atoms with Crippen molar-refractivity contribution in [2.24, 2.45) is 5.92 Å². The van der Waals surface area contributed by atoms with Crippen LogP contribution in [0.5, 0.6) is 0 Å². The highest BCUT2D eigenvalue weighted by Crippen LogP contribution is 2.16. The van der Waals surface area contributed by atoms with E-state index in [1.165, 1.54) is 11.8 Å². The van der Waals surface area contributed by atoms with Crippen LogP contribution in [0.1, 0.15) is 18.9 Å². The first-order valence-corrected chi connectivity index (χ1v) is 7.84. The topological polar surface area (TPSA) is 66.4 Å². The summed E-state index contributed by atoms with van der Waals surface area (Å²) in [6.07, 6.45) is 0.444. The molecule has 0 aliphatic heterocycles. The minimum Gasteiger partial charge on any atom is -0.481 e. The molecule has 0 spiro atoms. The van der Waals surface area contributed by atoms with Gasteiger partial charge < -0.3 is 10.4 Å². The third kappa shape index (κ3) is 6.82. The number of carboxylic acid groups (broad SMARTS) is 1. The Morgan fingerprint density at radius 1 is 1.45 bits per heavy atom. The Balaban J connectivity index is 2.16. The zero-order valence-electron chi connectivity index (χ0n) is 11.3. The molecule has 0 bridgehead atoms. The molecular weight excluding hydrogens is 298 g/mol. The quantitative estimate of drug-likeness (QED) is 0.774. The summed E-state index contributed by atoms with van der Waals surface area (Å²) in [5, 5.41) is 12.1. The molecule has 1 aromatic rings. The van der Waals surface area contributed by atoms with Crippen LogP contribution < -0.4 is 5.32 Å². The highest BCUT2D eigenvalue weighted by atomic mass is 35.5. The SMILES string of the molecule is CC(CCNC(=O)CSCc1cccc(Cl)c1)C(=O)O. The largest absolute Gasteiger partial charge is 0.481 e. The monoisotopic (exact) mass is 315 g/mol. The molecule has 4 nitrogen and oxygen atoms in total. The maximum absolute atomic E-state index is 11.5. The number of carbonyl (C=O) groups is 2. The number of nitrogens with one attached hydrogen (secondary N) is 1. The number of halogens is 1. The van der Waals surface area contributed by atoms with Crippen molar-refractivity contribution >= 4 is 35.2 Å². The minimum atomic E-state index is -0.838. The maximum atomic E-state index is 11.5. The van der Waals surface area contributed by atoms with Crippen molar-refractivity contribution in [3.8, 4) is 0 Å². The van der Waals surface area contributed by atoms with Crippen molar-refractivity contribution in [2.75, 3.05) is 12.3 Å². The molecule has 0 aliphatic rings. The molecule has 0 aliphatic carbocycles. The van der Waals surface area contributed by atoms with Gasteiger partial charge in [-0.3, -0.25) is 9.59 Å². The molecule has 0 fully saturated rings. The second-order valence-electron chi connectivity index (χ2n) is 4.50. The van der Waals surface area contributed by atoms with Crippen molar-refractivity contribution in [2.45, 2.75) is 19.1 Å². The fourth-order valence-corrected chi connectivity index (χ4v) is 2.51. The van der Waals surface area contributed by atoms with Crippen molar-refractivity contribution in [1.29, 1.82) is 0 Å². The Morgan fingerprint density at radius 2 is 2.20 bits per heavy atom. The molecule has 1 amide bonds. The Bertz CT molecular complexity index is 467. The molecule has 2 N–H and O–H groups in total. The molecule has 6 heteroatoms. The van der Waals surface area contributed by atoms with Gasteiger partial charge in [0.2, 0.25) is 5.91 Å². The Kier molecular flexibility index (Phi) is 7.47. The first kappa shape index (κ1) is 16.9. The van der Waals surface area contributed by atoms with Gasteiger partial charge in [-0.05, 0) is 24.1 Å². The molecule has 1 unspecified atom stereocenters. The smallest absolute Gasteiger partial charge is 0.306 e. The van der Waals surface area contributed by atoms with E-state index in [-0.39, 0.29) is 5.91 Å². The summed E-state index contributed by atoms with van der Waals surface area (Å²) in [7, 11) is 0. The van der Waals surface area contributed by atoms with Crippen LogP contribution in [0, 0.1) is 5.92 Å². The van der Waals surface area contributed by atoms with Gasteiger partial charge in [0, 0.05) is 17.3 Å². The van der Waals surface area contributed by atoms with Crippen LogP contribution >= 0.6 is 23.4 Å². The van der Waals surface area contributed by atoms with Crippen molar-refractivity contribution in [3.63, 3.8) is 0 Å². The molecule has 1 atom stereocenters. The number of hydrogen-bond donors (Lipinski definition) is 2. The molecule has 0 radical (unpaired) electrons. The first-order chi connectivity index (χ1) is 9.49. The summed E-state index contributed by atoms with van der Waals surface area (Å²) in [5.41, 5.74) is 1.08. The average Bonchev–Trinajstić information content (AvgIpc) is 2.38. The third-order valence-electron chi connectivity index (χ3n) is 2.71. The standard InChI is InChI=1S/C14H18ClNO3S/c1-10(14(18)19)5-6-16-13(17)9-20-8-11-3-2-4-12(15)7-11/h2-4,7,10H,5-6,8-9H2,1H3,(H,16,17)(H,18,19). The molecule has 0 aromatic heterocycles. The molecular formula is C14H18ClNO3S. The average molecular weight is 316 g/mol. The number of amides is 1. The van der Waals surface area contributed by atoms with Gasteiger partial charge in [0.15, 0.2) is 0 Å². The van der Waals surface area contributed by atoms with Gasteiger partial charge in [0.05, 0.1) is 11.7 Å². The Labute approximate surface area is 127 Å². The predicted molar refractivity (Wildman–Crippen MR) is 82.0 cm³/mol. The fourth-order valence-electron chi connectivity index (χ4n) is 1.49. The second-order valence-corrected chi connectivity index (χ2v) is 5.92. The molecule has 0 saturated carbocycles. The summed E-state index contributed by atoms with van der Waals surface area (Å²) < 4.78 is 0. The first-order valence-electron chi connectivity index (χ1n) is 6.30. The van der Waals surface area contributed by atoms with Crippen LogP contribution in [0.3, 0.4) is 0 Å². The van der Waals surface area contributed by atoms with Gasteiger partial charge >= 0.3 is 5.97 Å².